The number of esters is 2. The van der Waals surface area contributed by atoms with Gasteiger partial charge in [-0.25, -0.2) is 0 Å². The lowest BCUT2D eigenvalue weighted by Crippen LogP contribution is -2.30. The summed E-state index contributed by atoms with van der Waals surface area (Å²) in [6.45, 7) is 15.9. The molecule has 0 aromatic heterocycles. The number of hydrogen-bond acceptors (Lipinski definition) is 7. The highest BCUT2D eigenvalue weighted by atomic mass is 32.2. The molecule has 52 heavy (non-hydrogen) atoms. The molecule has 0 bridgehead atoms. The van der Waals surface area contributed by atoms with E-state index in [-0.39, 0.29) is 23.3 Å². The molecule has 0 aromatic carbocycles. The van der Waals surface area contributed by atoms with Crippen molar-refractivity contribution < 1.29 is 23.9 Å². The fourth-order valence-electron chi connectivity index (χ4n) is 6.42. The second-order valence-corrected chi connectivity index (χ2v) is 15.7. The van der Waals surface area contributed by atoms with E-state index in [0.717, 1.165) is 102 Å². The predicted octanol–water partition coefficient (Wildman–Crippen LogP) is 12.7. The SMILES string of the molecule is CCCCCC/C=C\COC(=O)CCCCCN(CCCCCC(=O)OC(CCCCCCC)CCCCCCC)C(=O)SCCCN(CC)CC. The van der Waals surface area contributed by atoms with Crippen LogP contribution in [-0.2, 0) is 19.1 Å². The van der Waals surface area contributed by atoms with E-state index in [2.05, 4.69) is 45.6 Å². The van der Waals surface area contributed by atoms with Crippen LogP contribution in [0.15, 0.2) is 12.2 Å². The van der Waals surface area contributed by atoms with Gasteiger partial charge in [-0.15, -0.1) is 0 Å². The quantitative estimate of drug-likeness (QED) is 0.0353. The highest BCUT2D eigenvalue weighted by Crippen LogP contribution is 2.19. The van der Waals surface area contributed by atoms with Crippen molar-refractivity contribution in [3.05, 3.63) is 12.2 Å². The van der Waals surface area contributed by atoms with Gasteiger partial charge < -0.3 is 19.3 Å². The Morgan fingerprint density at radius 3 is 1.63 bits per heavy atom. The number of hydrogen-bond donors (Lipinski definition) is 0. The molecule has 1 amide bonds. The van der Waals surface area contributed by atoms with Gasteiger partial charge in [-0.1, -0.05) is 142 Å². The van der Waals surface area contributed by atoms with Gasteiger partial charge in [0.05, 0.1) is 0 Å². The molecule has 0 aromatic rings. The average Bonchev–Trinajstić information content (AvgIpc) is 3.14. The number of ether oxygens (including phenoxy) is 2. The lowest BCUT2D eigenvalue weighted by Gasteiger charge is -2.23. The second kappa shape index (κ2) is 39.2. The lowest BCUT2D eigenvalue weighted by atomic mass is 10.0. The second-order valence-electron chi connectivity index (χ2n) is 14.6. The minimum absolute atomic E-state index is 0.0548. The van der Waals surface area contributed by atoms with Crippen LogP contribution < -0.4 is 0 Å². The molecule has 0 aliphatic rings. The van der Waals surface area contributed by atoms with Gasteiger partial charge in [0.2, 0.25) is 0 Å². The molecule has 0 saturated carbocycles. The van der Waals surface area contributed by atoms with Gasteiger partial charge in [-0.3, -0.25) is 14.4 Å². The minimum atomic E-state index is -0.142. The van der Waals surface area contributed by atoms with Gasteiger partial charge >= 0.3 is 11.9 Å². The molecule has 0 heterocycles. The number of nitrogens with zero attached hydrogens (tertiary/aromatic N) is 2. The molecular weight excluding hydrogens is 669 g/mol. The van der Waals surface area contributed by atoms with Crippen molar-refractivity contribution in [3.63, 3.8) is 0 Å². The van der Waals surface area contributed by atoms with E-state index < -0.39 is 0 Å². The van der Waals surface area contributed by atoms with Crippen LogP contribution in [0.1, 0.15) is 202 Å². The van der Waals surface area contributed by atoms with Crippen molar-refractivity contribution in [2.45, 2.75) is 208 Å². The fourth-order valence-corrected chi connectivity index (χ4v) is 7.23. The molecule has 0 aliphatic carbocycles. The molecule has 0 radical (unpaired) electrons. The van der Waals surface area contributed by atoms with Crippen LogP contribution in [0.5, 0.6) is 0 Å². The monoisotopic (exact) mass is 753 g/mol. The number of carbonyl (C=O) groups excluding carboxylic acids is 3. The van der Waals surface area contributed by atoms with Crippen molar-refractivity contribution in [1.29, 1.82) is 0 Å². The number of rotatable bonds is 38. The van der Waals surface area contributed by atoms with Crippen LogP contribution in [0.3, 0.4) is 0 Å². The van der Waals surface area contributed by atoms with E-state index in [4.69, 9.17) is 9.47 Å². The molecule has 0 unspecified atom stereocenters. The van der Waals surface area contributed by atoms with Gasteiger partial charge in [-0.05, 0) is 90.3 Å². The minimum Gasteiger partial charge on any atom is -0.462 e. The molecule has 0 saturated heterocycles. The van der Waals surface area contributed by atoms with Crippen LogP contribution >= 0.6 is 11.8 Å². The molecule has 0 fully saturated rings. The van der Waals surface area contributed by atoms with Gasteiger partial charge in [0, 0.05) is 31.7 Å². The zero-order valence-electron chi connectivity index (χ0n) is 34.9. The van der Waals surface area contributed by atoms with Crippen LogP contribution in [0.25, 0.3) is 0 Å². The zero-order chi connectivity index (χ0) is 38.3. The first-order chi connectivity index (χ1) is 25.4. The van der Waals surface area contributed by atoms with E-state index in [1.54, 1.807) is 0 Å². The summed E-state index contributed by atoms with van der Waals surface area (Å²) >= 11 is 1.44. The van der Waals surface area contributed by atoms with Gasteiger partial charge in [0.25, 0.3) is 5.24 Å². The first-order valence-corrected chi connectivity index (χ1v) is 23.0. The third kappa shape index (κ3) is 33.1. The summed E-state index contributed by atoms with van der Waals surface area (Å²) < 4.78 is 11.4. The molecule has 0 spiro atoms. The van der Waals surface area contributed by atoms with Crippen molar-refractivity contribution in [2.75, 3.05) is 45.1 Å². The molecule has 0 aliphatic heterocycles. The highest BCUT2D eigenvalue weighted by Gasteiger charge is 2.16. The molecule has 0 N–H and O–H groups in total. The Morgan fingerprint density at radius 1 is 0.558 bits per heavy atom. The Morgan fingerprint density at radius 2 is 1.08 bits per heavy atom. The number of allylic oxidation sites excluding steroid dienone is 1. The maximum Gasteiger partial charge on any atom is 0.306 e. The molecule has 0 atom stereocenters. The molecule has 8 heteroatoms. The van der Waals surface area contributed by atoms with Crippen LogP contribution in [0.2, 0.25) is 0 Å². The van der Waals surface area contributed by atoms with Crippen LogP contribution in [0, 0.1) is 0 Å². The maximum absolute atomic E-state index is 13.2. The van der Waals surface area contributed by atoms with Crippen molar-refractivity contribution in [2.24, 2.45) is 0 Å². The summed E-state index contributed by atoms with van der Waals surface area (Å²) in [5.74, 6) is 0.631. The maximum atomic E-state index is 13.2. The molecule has 7 nitrogen and oxygen atoms in total. The summed E-state index contributed by atoms with van der Waals surface area (Å²) in [6, 6.07) is 0. The normalized spacial score (nSPS) is 11.6. The molecule has 0 rings (SSSR count). The topological polar surface area (TPSA) is 76.1 Å². The summed E-state index contributed by atoms with van der Waals surface area (Å²) in [7, 11) is 0. The van der Waals surface area contributed by atoms with E-state index >= 15 is 0 Å². The number of carbonyl (C=O) groups is 3. The first kappa shape index (κ1) is 50.5. The Kier molecular flexibility index (Phi) is 38.0. The van der Waals surface area contributed by atoms with Gasteiger partial charge in [0.1, 0.15) is 12.7 Å². The van der Waals surface area contributed by atoms with Crippen molar-refractivity contribution in [3.8, 4) is 0 Å². The number of thioether (sulfide) groups is 1. The van der Waals surface area contributed by atoms with Gasteiger partial charge in [0.15, 0.2) is 0 Å². The lowest BCUT2D eigenvalue weighted by molar-refractivity contribution is -0.150. The third-order valence-corrected chi connectivity index (χ3v) is 10.9. The standard InChI is InChI=1S/C44H84N2O5S/c1-6-11-14-17-18-21-30-39-50-42(47)34-26-22-28-37-46(44(49)52-40-31-36-45(9-4)10-5)38-29-23-27-35-43(48)51-41(32-24-19-15-12-7-2)33-25-20-16-13-8-3/h21,30,41H,6-20,22-29,31-40H2,1-5H3/b30-21-. The van der Waals surface area contributed by atoms with E-state index in [9.17, 15) is 14.4 Å². The Bertz CT molecular complexity index is 836. The Hall–Kier alpha value is -1.54. The first-order valence-electron chi connectivity index (χ1n) is 22.1. The zero-order valence-corrected chi connectivity index (χ0v) is 35.7. The average molecular weight is 753 g/mol. The van der Waals surface area contributed by atoms with Crippen LogP contribution in [0.4, 0.5) is 4.79 Å². The van der Waals surface area contributed by atoms with E-state index in [1.807, 2.05) is 11.0 Å². The summed E-state index contributed by atoms with van der Waals surface area (Å²) in [6.07, 6.45) is 31.5. The summed E-state index contributed by atoms with van der Waals surface area (Å²) in [5.41, 5.74) is 0. The van der Waals surface area contributed by atoms with Crippen molar-refractivity contribution in [1.82, 2.24) is 9.80 Å². The number of amides is 1. The molecule has 306 valence electrons. The summed E-state index contributed by atoms with van der Waals surface area (Å²) in [5, 5.41) is 0.153. The molecular formula is C44H84N2O5S. The Labute approximate surface area is 326 Å². The van der Waals surface area contributed by atoms with Crippen LogP contribution in [-0.4, -0.2) is 78.2 Å². The smallest absolute Gasteiger partial charge is 0.306 e. The Balaban J connectivity index is 4.66. The number of unbranched alkanes of at least 4 members (excludes halogenated alkanes) is 16. The summed E-state index contributed by atoms with van der Waals surface area (Å²) in [4.78, 5) is 42.6. The van der Waals surface area contributed by atoms with Gasteiger partial charge in [-0.2, -0.15) is 0 Å². The third-order valence-electron chi connectivity index (χ3n) is 9.90. The van der Waals surface area contributed by atoms with Crippen molar-refractivity contribution >= 4 is 28.9 Å². The highest BCUT2D eigenvalue weighted by molar-refractivity contribution is 8.13. The largest absolute Gasteiger partial charge is 0.462 e. The van der Waals surface area contributed by atoms with E-state index in [1.165, 1.54) is 88.8 Å². The fraction of sp³-hybridized carbons (Fsp3) is 0.886. The predicted molar refractivity (Wildman–Crippen MR) is 224 cm³/mol. The van der Waals surface area contributed by atoms with E-state index in [0.29, 0.717) is 32.5 Å².